The van der Waals surface area contributed by atoms with Crippen molar-refractivity contribution in [2.45, 2.75) is 143 Å². The molecule has 4 aliphatic heterocycles. The van der Waals surface area contributed by atoms with Gasteiger partial charge in [-0.3, -0.25) is 9.59 Å². The Morgan fingerprint density at radius 2 is 0.961 bits per heavy atom. The van der Waals surface area contributed by atoms with Crippen LogP contribution >= 0.6 is 0 Å². The summed E-state index contributed by atoms with van der Waals surface area (Å²) in [6, 6.07) is -2.51. The second-order valence-electron chi connectivity index (χ2n) is 13.0. The van der Waals surface area contributed by atoms with Crippen LogP contribution in [0.1, 0.15) is 20.8 Å². The molecule has 0 saturated carbocycles. The average Bonchev–Trinajstić information content (AvgIpc) is 3.09. The molecule has 4 heterocycles. The first-order valence-electron chi connectivity index (χ1n) is 16.4. The molecular weight excluding hydrogens is 696 g/mol. The van der Waals surface area contributed by atoms with Crippen molar-refractivity contribution in [2.75, 3.05) is 26.4 Å². The zero-order valence-electron chi connectivity index (χ0n) is 28.0. The number of rotatable bonds is 12. The molecule has 0 aliphatic carbocycles. The normalized spacial score (nSPS) is 47.8. The summed E-state index contributed by atoms with van der Waals surface area (Å²) in [7, 11) is 0. The van der Waals surface area contributed by atoms with Crippen LogP contribution in [0.4, 0.5) is 0 Å². The monoisotopic (exact) mass is 746 g/mol. The summed E-state index contributed by atoms with van der Waals surface area (Å²) in [4.78, 5) is 24.0. The van der Waals surface area contributed by atoms with Gasteiger partial charge in [-0.2, -0.15) is 0 Å². The third-order valence-corrected chi connectivity index (χ3v) is 9.26. The van der Waals surface area contributed by atoms with Crippen molar-refractivity contribution in [3.05, 3.63) is 0 Å². The van der Waals surface area contributed by atoms with E-state index in [0.717, 1.165) is 6.92 Å². The highest BCUT2D eigenvalue weighted by molar-refractivity contribution is 5.73. The van der Waals surface area contributed by atoms with Crippen LogP contribution in [0.25, 0.3) is 0 Å². The van der Waals surface area contributed by atoms with E-state index < -0.39 is 161 Å². The predicted octanol–water partition coefficient (Wildman–Crippen LogP) is -8.39. The fourth-order valence-corrected chi connectivity index (χ4v) is 6.50. The largest absolute Gasteiger partial charge is 0.394 e. The first kappa shape index (κ1) is 42.0. The maximum absolute atomic E-state index is 12.2. The molecule has 0 aromatic carbocycles. The molecule has 13 N–H and O–H groups in total. The number of ether oxygens (including phenoxy) is 7. The van der Waals surface area contributed by atoms with Crippen molar-refractivity contribution in [2.24, 2.45) is 0 Å². The Morgan fingerprint density at radius 3 is 1.51 bits per heavy atom. The molecule has 4 rings (SSSR count). The highest BCUT2D eigenvalue weighted by atomic mass is 16.8. The van der Waals surface area contributed by atoms with Gasteiger partial charge in [0.2, 0.25) is 11.8 Å². The first-order chi connectivity index (χ1) is 24.0. The van der Waals surface area contributed by atoms with Crippen LogP contribution in [0.5, 0.6) is 0 Å². The summed E-state index contributed by atoms with van der Waals surface area (Å²) in [5.74, 6) is -1.19. The quantitative estimate of drug-likeness (QED) is 0.0881. The number of carbonyl (C=O) groups is 2. The fourth-order valence-electron chi connectivity index (χ4n) is 6.50. The van der Waals surface area contributed by atoms with Crippen LogP contribution in [0, 0.1) is 0 Å². The van der Waals surface area contributed by atoms with E-state index in [2.05, 4.69) is 10.6 Å². The number of amides is 2. The summed E-state index contributed by atoms with van der Waals surface area (Å²) >= 11 is 0. The van der Waals surface area contributed by atoms with Crippen molar-refractivity contribution >= 4 is 11.8 Å². The molecule has 22 heteroatoms. The molecule has 51 heavy (non-hydrogen) atoms. The SMILES string of the molecule is CC(=O)N[C@H]1C(O)[C@H](O[C@@H]2OC(CO[C@H]3OC(CO)[C@@H](O)[C@H](O)C3O)[C@@H](O)C(O)[C@H]2O)C(CO)O[C@H]1O[C@@H]1C(CO)O[C@@H](C)[C@@H](NC(C)=O)C1O. The first-order valence-corrected chi connectivity index (χ1v) is 16.4. The van der Waals surface area contributed by atoms with Crippen LogP contribution in [-0.2, 0) is 42.7 Å². The maximum Gasteiger partial charge on any atom is 0.217 e. The zero-order chi connectivity index (χ0) is 37.9. The van der Waals surface area contributed by atoms with Crippen molar-refractivity contribution in [1.29, 1.82) is 0 Å². The maximum atomic E-state index is 12.2. The highest BCUT2D eigenvalue weighted by Crippen LogP contribution is 2.33. The van der Waals surface area contributed by atoms with E-state index in [1.54, 1.807) is 6.92 Å². The lowest BCUT2D eigenvalue weighted by atomic mass is 9.92. The second-order valence-corrected chi connectivity index (χ2v) is 13.0. The molecule has 0 radical (unpaired) electrons. The van der Waals surface area contributed by atoms with E-state index in [0.29, 0.717) is 0 Å². The lowest BCUT2D eigenvalue weighted by molar-refractivity contribution is -0.363. The molecule has 4 aliphatic rings. The zero-order valence-corrected chi connectivity index (χ0v) is 28.0. The topological polar surface area (TPSA) is 345 Å². The van der Waals surface area contributed by atoms with E-state index >= 15 is 0 Å². The Labute approximate surface area is 291 Å². The minimum atomic E-state index is -1.98. The van der Waals surface area contributed by atoms with E-state index in [1.165, 1.54) is 6.92 Å². The Balaban J connectivity index is 1.50. The summed E-state index contributed by atoms with van der Waals surface area (Å²) < 4.78 is 39.6. The van der Waals surface area contributed by atoms with E-state index in [1.807, 2.05) is 0 Å². The number of aliphatic hydroxyl groups is 11. The van der Waals surface area contributed by atoms with Gasteiger partial charge in [-0.1, -0.05) is 0 Å². The lowest BCUT2D eigenvalue weighted by Crippen LogP contribution is -2.70. The molecule has 8 unspecified atom stereocenters. The second kappa shape index (κ2) is 18.0. The van der Waals surface area contributed by atoms with Crippen LogP contribution < -0.4 is 10.6 Å². The molecule has 0 aromatic rings. The molecule has 0 spiro atoms. The van der Waals surface area contributed by atoms with Crippen LogP contribution in [0.2, 0.25) is 0 Å². The summed E-state index contributed by atoms with van der Waals surface area (Å²) in [6.45, 7) is 0.927. The highest BCUT2D eigenvalue weighted by Gasteiger charge is 2.54. The number of carbonyl (C=O) groups excluding carboxylic acids is 2. The van der Waals surface area contributed by atoms with Gasteiger partial charge in [0, 0.05) is 13.8 Å². The summed E-state index contributed by atoms with van der Waals surface area (Å²) in [5.41, 5.74) is 0. The van der Waals surface area contributed by atoms with E-state index in [-0.39, 0.29) is 0 Å². The molecule has 0 bridgehead atoms. The van der Waals surface area contributed by atoms with Crippen molar-refractivity contribution < 1.29 is 98.9 Å². The third-order valence-electron chi connectivity index (χ3n) is 9.26. The standard InChI is InChI=1S/C29H50N2O20/c1-8-15(30-9(2)35)19(39)25(12(5-33)46-8)50-27-16(31-10(3)36)20(40)26(13(6-34)48-27)51-29-24(44)22(42)18(38)14(49-29)7-45-28-23(43)21(41)17(37)11(4-32)47-28/h8,11-29,32-34,37-44H,4-7H2,1-3H3,(H,30,35)(H,31,36)/t8-,11?,12?,13?,14?,15+,16-,17+,18+,19?,20?,21-,22?,23?,24+,25+,26+,27-,28-,29-/m0/s1. The van der Waals surface area contributed by atoms with Gasteiger partial charge in [0.15, 0.2) is 18.9 Å². The van der Waals surface area contributed by atoms with Crippen LogP contribution in [-0.4, -0.2) is 217 Å². The third kappa shape index (κ3) is 9.30. The van der Waals surface area contributed by atoms with Gasteiger partial charge < -0.3 is 100.0 Å². The number of hydrogen-bond donors (Lipinski definition) is 13. The van der Waals surface area contributed by atoms with Crippen molar-refractivity contribution in [1.82, 2.24) is 10.6 Å². The molecule has 296 valence electrons. The molecule has 22 nitrogen and oxygen atoms in total. The summed E-state index contributed by atoms with van der Waals surface area (Å²) in [5, 5.41) is 119. The van der Waals surface area contributed by atoms with Gasteiger partial charge in [0.1, 0.15) is 91.5 Å². The van der Waals surface area contributed by atoms with Gasteiger partial charge in [-0.05, 0) is 6.92 Å². The fraction of sp³-hybridized carbons (Fsp3) is 0.931. The number of nitrogens with one attached hydrogen (secondary N) is 2. The molecule has 2 amide bonds. The van der Waals surface area contributed by atoms with E-state index in [4.69, 9.17) is 33.2 Å². The van der Waals surface area contributed by atoms with Crippen molar-refractivity contribution in [3.8, 4) is 0 Å². The average molecular weight is 747 g/mol. The Morgan fingerprint density at radius 1 is 0.529 bits per heavy atom. The lowest BCUT2D eigenvalue weighted by Gasteiger charge is -2.49. The minimum Gasteiger partial charge on any atom is -0.394 e. The molecule has 4 fully saturated rings. The van der Waals surface area contributed by atoms with Gasteiger partial charge in [-0.15, -0.1) is 0 Å². The minimum absolute atomic E-state index is 0.496. The summed E-state index contributed by atoms with van der Waals surface area (Å²) in [6.07, 6.45) is -28.8. The molecule has 0 aromatic heterocycles. The van der Waals surface area contributed by atoms with Crippen LogP contribution in [0.15, 0.2) is 0 Å². The van der Waals surface area contributed by atoms with Gasteiger partial charge in [0.05, 0.1) is 38.6 Å². The smallest absolute Gasteiger partial charge is 0.217 e. The number of hydrogen-bond acceptors (Lipinski definition) is 20. The van der Waals surface area contributed by atoms with Gasteiger partial charge in [0.25, 0.3) is 0 Å². The number of aliphatic hydroxyl groups excluding tert-OH is 11. The van der Waals surface area contributed by atoms with Crippen LogP contribution in [0.3, 0.4) is 0 Å². The molecule has 20 atom stereocenters. The Bertz CT molecular complexity index is 1140. The molecular formula is C29H50N2O20. The van der Waals surface area contributed by atoms with E-state index in [9.17, 15) is 65.8 Å². The van der Waals surface area contributed by atoms with Gasteiger partial charge in [-0.25, -0.2) is 0 Å². The van der Waals surface area contributed by atoms with Crippen molar-refractivity contribution in [3.63, 3.8) is 0 Å². The Kier molecular flexibility index (Phi) is 14.8. The predicted molar refractivity (Wildman–Crippen MR) is 161 cm³/mol. The van der Waals surface area contributed by atoms with Gasteiger partial charge >= 0.3 is 0 Å². The molecule has 4 saturated heterocycles. The Hall–Kier alpha value is -1.78.